The van der Waals surface area contributed by atoms with Crippen LogP contribution in [0.3, 0.4) is 0 Å². The van der Waals surface area contributed by atoms with Crippen molar-refractivity contribution in [2.75, 3.05) is 52.1 Å². The Kier molecular flexibility index (Phi) is 13.2. The van der Waals surface area contributed by atoms with Gasteiger partial charge >= 0.3 is 12.4 Å². The van der Waals surface area contributed by atoms with Crippen molar-refractivity contribution in [2.45, 2.75) is 55.8 Å². The van der Waals surface area contributed by atoms with Crippen LogP contribution < -0.4 is 0 Å². The van der Waals surface area contributed by atoms with Crippen LogP contribution in [0.1, 0.15) is 40.9 Å². The maximum Gasteiger partial charge on any atom is 0.416 e. The van der Waals surface area contributed by atoms with E-state index in [0.717, 1.165) is 44.1 Å². The Labute approximate surface area is 271 Å². The second-order valence-corrected chi connectivity index (χ2v) is 13.4. The lowest BCUT2D eigenvalue weighted by atomic mass is 9.99. The normalized spacial score (nSPS) is 22.0. The molecule has 2 aliphatic rings. The molecule has 4 rings (SSSR count). The number of halogens is 8. The van der Waals surface area contributed by atoms with Crippen LogP contribution in [0.2, 0.25) is 0 Å². The molecular weight excluding hydrogens is 671 g/mol. The van der Waals surface area contributed by atoms with Gasteiger partial charge in [-0.3, -0.25) is 14.6 Å². The van der Waals surface area contributed by atoms with Crippen molar-refractivity contribution in [1.29, 1.82) is 0 Å². The summed E-state index contributed by atoms with van der Waals surface area (Å²) in [6, 6.07) is 6.05. The molecule has 0 saturated carbocycles. The average Bonchev–Trinajstić information content (AvgIpc) is 2.90. The summed E-state index contributed by atoms with van der Waals surface area (Å²) in [7, 11) is -4.07. The van der Waals surface area contributed by atoms with E-state index in [4.69, 9.17) is 4.74 Å². The number of morpholine rings is 1. The van der Waals surface area contributed by atoms with E-state index in [1.54, 1.807) is 0 Å². The summed E-state index contributed by atoms with van der Waals surface area (Å²) in [5.74, 6) is -0.775. The highest BCUT2D eigenvalue weighted by atomic mass is 35.5. The second kappa shape index (κ2) is 15.2. The lowest BCUT2D eigenvalue weighted by Crippen LogP contribution is -2.57. The van der Waals surface area contributed by atoms with Crippen LogP contribution in [-0.4, -0.2) is 99.3 Å². The molecule has 2 aromatic rings. The molecule has 7 nitrogen and oxygen atoms in total. The molecule has 254 valence electrons. The van der Waals surface area contributed by atoms with E-state index >= 15 is 0 Å². The largest absolute Gasteiger partial charge is 0.416 e. The molecule has 0 N–H and O–H groups in total. The molecule has 2 fully saturated rings. The Balaban J connectivity index is 0.00000353. The van der Waals surface area contributed by atoms with Gasteiger partial charge in [-0.2, -0.15) is 26.3 Å². The van der Waals surface area contributed by atoms with Gasteiger partial charge in [0.1, 0.15) is 0 Å². The number of carbonyl (C=O) groups excluding carboxylic acids is 1. The van der Waals surface area contributed by atoms with E-state index in [-0.39, 0.29) is 50.0 Å². The first kappa shape index (κ1) is 39.1. The summed E-state index contributed by atoms with van der Waals surface area (Å²) in [5, 5.41) is 0. The third kappa shape index (κ3) is 10.4. The Morgan fingerprint density at radius 2 is 1.38 bits per heavy atom. The number of alkyl halides is 6. The van der Waals surface area contributed by atoms with E-state index in [1.807, 2.05) is 13.8 Å². The summed E-state index contributed by atoms with van der Waals surface area (Å²) < 4.78 is 110. The molecule has 3 atom stereocenters. The summed E-state index contributed by atoms with van der Waals surface area (Å²) in [6.45, 7) is 7.78. The number of hydrogen-bond donors (Lipinski definition) is 0. The van der Waals surface area contributed by atoms with Gasteiger partial charge in [0.25, 0.3) is 5.91 Å². The van der Waals surface area contributed by atoms with Crippen molar-refractivity contribution in [3.63, 3.8) is 0 Å². The van der Waals surface area contributed by atoms with E-state index in [0.29, 0.717) is 37.3 Å². The van der Waals surface area contributed by atoms with Gasteiger partial charge in [-0.05, 0) is 56.2 Å². The van der Waals surface area contributed by atoms with E-state index < -0.39 is 55.7 Å². The van der Waals surface area contributed by atoms with Crippen molar-refractivity contribution < 1.29 is 44.3 Å². The van der Waals surface area contributed by atoms with E-state index in [9.17, 15) is 39.6 Å². The molecule has 2 aromatic carbocycles. The van der Waals surface area contributed by atoms with Crippen LogP contribution in [0.5, 0.6) is 0 Å². The van der Waals surface area contributed by atoms with Gasteiger partial charge in [0, 0.05) is 63.7 Å². The number of carbonyl (C=O) groups is 1. The van der Waals surface area contributed by atoms with Crippen LogP contribution in [0.4, 0.5) is 26.3 Å². The number of ether oxygens (including phenoxy) is 1. The van der Waals surface area contributed by atoms with Gasteiger partial charge in [0.15, 0.2) is 9.84 Å². The monoisotopic (exact) mass is 707 g/mol. The number of nitrogens with zero attached hydrogens (tertiary/aromatic N) is 3. The van der Waals surface area contributed by atoms with Crippen molar-refractivity contribution in [3.8, 4) is 0 Å². The number of rotatable bonds is 7. The first-order valence-electron chi connectivity index (χ1n) is 13.9. The molecule has 1 amide bonds. The Morgan fingerprint density at radius 3 is 1.91 bits per heavy atom. The maximum atomic E-state index is 13.7. The van der Waals surface area contributed by atoms with Gasteiger partial charge in [-0.1, -0.05) is 12.1 Å². The fourth-order valence-corrected chi connectivity index (χ4v) is 6.36. The quantitative estimate of drug-likeness (QED) is 0.357. The zero-order chi connectivity index (χ0) is 31.7. The standard InChI is InChI=1S/C29H35F6N3O4S.2ClH/c1-19-16-37(17-20(2)42-19)9-8-36-10-11-38(25(18-36)12-21-4-6-23(7-5-21)28(30,31)32)27(39)22-13-24(29(33,34)35)15-26(14-22)43(3,40)41;;/h4-7,13-15,19-20,25H,8-12,16-18H2,1-3H3;2*1H/t19?,20?,25-;;/m1../s1. The summed E-state index contributed by atoms with van der Waals surface area (Å²) >= 11 is 0. The van der Waals surface area contributed by atoms with E-state index in [2.05, 4.69) is 9.80 Å². The summed E-state index contributed by atoms with van der Waals surface area (Å²) in [4.78, 5) is 18.9. The molecule has 2 heterocycles. The van der Waals surface area contributed by atoms with Gasteiger partial charge in [0.05, 0.1) is 28.2 Å². The minimum absolute atomic E-state index is 0. The highest BCUT2D eigenvalue weighted by Crippen LogP contribution is 2.33. The maximum absolute atomic E-state index is 13.7. The fourth-order valence-electron chi connectivity index (χ4n) is 5.68. The fraction of sp³-hybridized carbons (Fsp3) is 0.552. The van der Waals surface area contributed by atoms with Crippen molar-refractivity contribution >= 4 is 40.6 Å². The van der Waals surface area contributed by atoms with Crippen LogP contribution in [-0.2, 0) is 33.3 Å². The topological polar surface area (TPSA) is 70.2 Å². The molecule has 2 saturated heterocycles. The number of benzene rings is 2. The van der Waals surface area contributed by atoms with Gasteiger partial charge < -0.3 is 9.64 Å². The third-order valence-electron chi connectivity index (χ3n) is 7.72. The molecule has 2 aliphatic heterocycles. The SMILES string of the molecule is CC1CN(CCN2CCN(C(=O)c3cc(C(F)(F)F)cc(S(C)(=O)=O)c3)[C@H](Cc3ccc(C(F)(F)F)cc3)C2)CC(C)O1.Cl.Cl. The predicted molar refractivity (Wildman–Crippen MR) is 162 cm³/mol. The van der Waals surface area contributed by atoms with Crippen LogP contribution in [0.15, 0.2) is 47.4 Å². The molecular formula is C29H37Cl2F6N3O4S. The number of sulfone groups is 1. The van der Waals surface area contributed by atoms with Crippen molar-refractivity contribution in [3.05, 3.63) is 64.7 Å². The number of amides is 1. The van der Waals surface area contributed by atoms with Crippen LogP contribution in [0, 0.1) is 0 Å². The predicted octanol–water partition coefficient (Wildman–Crippen LogP) is 5.45. The van der Waals surface area contributed by atoms with Gasteiger partial charge in [0.2, 0.25) is 0 Å². The third-order valence-corrected chi connectivity index (χ3v) is 8.81. The lowest BCUT2D eigenvalue weighted by Gasteiger charge is -2.43. The first-order chi connectivity index (χ1) is 19.9. The molecule has 2 unspecified atom stereocenters. The highest BCUT2D eigenvalue weighted by molar-refractivity contribution is 7.90. The molecule has 45 heavy (non-hydrogen) atoms. The minimum Gasteiger partial charge on any atom is -0.373 e. The molecule has 0 aromatic heterocycles. The number of piperazine rings is 1. The number of hydrogen-bond acceptors (Lipinski definition) is 6. The zero-order valence-corrected chi connectivity index (χ0v) is 27.3. The first-order valence-corrected chi connectivity index (χ1v) is 15.8. The molecule has 0 bridgehead atoms. The lowest BCUT2D eigenvalue weighted by molar-refractivity contribution is -0.138. The van der Waals surface area contributed by atoms with Crippen LogP contribution >= 0.6 is 24.8 Å². The average molecular weight is 709 g/mol. The second-order valence-electron chi connectivity index (χ2n) is 11.4. The van der Waals surface area contributed by atoms with Gasteiger partial charge in [-0.25, -0.2) is 8.42 Å². The molecule has 0 aliphatic carbocycles. The smallest absolute Gasteiger partial charge is 0.373 e. The van der Waals surface area contributed by atoms with Crippen LogP contribution in [0.25, 0.3) is 0 Å². The van der Waals surface area contributed by atoms with Gasteiger partial charge in [-0.15, -0.1) is 24.8 Å². The molecule has 0 radical (unpaired) electrons. The Morgan fingerprint density at radius 1 is 0.822 bits per heavy atom. The van der Waals surface area contributed by atoms with Crippen molar-refractivity contribution in [1.82, 2.24) is 14.7 Å². The van der Waals surface area contributed by atoms with Crippen molar-refractivity contribution in [2.24, 2.45) is 0 Å². The molecule has 0 spiro atoms. The molecule has 16 heteroatoms. The summed E-state index contributed by atoms with van der Waals surface area (Å²) in [5.41, 5.74) is -1.97. The Bertz CT molecular complexity index is 1400. The highest BCUT2D eigenvalue weighted by Gasteiger charge is 2.36. The Hall–Kier alpha value is -2.10. The summed E-state index contributed by atoms with van der Waals surface area (Å²) in [6.07, 6.45) is -8.33. The zero-order valence-electron chi connectivity index (χ0n) is 24.9. The van der Waals surface area contributed by atoms with E-state index in [1.165, 1.54) is 17.0 Å². The minimum atomic E-state index is -4.89.